The Morgan fingerprint density at radius 1 is 1.14 bits per heavy atom. The summed E-state index contributed by atoms with van der Waals surface area (Å²) in [6, 6.07) is 8.75. The Bertz CT molecular complexity index is 585. The van der Waals surface area contributed by atoms with Crippen LogP contribution in [0.1, 0.15) is 18.1 Å². The highest BCUT2D eigenvalue weighted by Crippen LogP contribution is 2.16. The summed E-state index contributed by atoms with van der Waals surface area (Å²) in [5.74, 6) is 1.08. The lowest BCUT2D eigenvalue weighted by molar-refractivity contribution is 0.312. The maximum atomic E-state index is 5.38. The minimum Gasteiger partial charge on any atom is -0.464 e. The third-order valence-electron chi connectivity index (χ3n) is 2.98. The lowest BCUT2D eigenvalue weighted by Crippen LogP contribution is -2.20. The van der Waals surface area contributed by atoms with Gasteiger partial charge in [0.25, 0.3) is 0 Å². The van der Waals surface area contributed by atoms with Crippen molar-refractivity contribution in [3.8, 4) is 6.01 Å². The highest BCUT2D eigenvalue weighted by atomic mass is 16.5. The second-order valence-electron chi connectivity index (χ2n) is 4.77. The predicted molar refractivity (Wildman–Crippen MR) is 83.8 cm³/mol. The van der Waals surface area contributed by atoms with Gasteiger partial charge in [-0.05, 0) is 19.4 Å². The minimum atomic E-state index is 0.336. The van der Waals surface area contributed by atoms with Crippen LogP contribution in [0.2, 0.25) is 0 Å². The molecule has 1 heterocycles. The van der Waals surface area contributed by atoms with Crippen LogP contribution >= 0.6 is 0 Å². The number of hydrogen-bond donors (Lipinski definition) is 1. The van der Waals surface area contributed by atoms with Crippen molar-refractivity contribution in [2.45, 2.75) is 20.4 Å². The van der Waals surface area contributed by atoms with Gasteiger partial charge in [0.05, 0.1) is 6.61 Å². The van der Waals surface area contributed by atoms with E-state index in [0.29, 0.717) is 24.5 Å². The lowest BCUT2D eigenvalue weighted by atomic mass is 10.1. The van der Waals surface area contributed by atoms with Crippen molar-refractivity contribution < 1.29 is 4.74 Å². The van der Waals surface area contributed by atoms with Crippen LogP contribution in [-0.2, 0) is 6.54 Å². The molecule has 0 atom stereocenters. The number of anilines is 2. The van der Waals surface area contributed by atoms with Gasteiger partial charge in [0.1, 0.15) is 0 Å². The Balaban J connectivity index is 2.19. The first-order valence-electron chi connectivity index (χ1n) is 6.95. The molecular weight excluding hydrogens is 266 g/mol. The molecule has 0 aliphatic carbocycles. The molecule has 21 heavy (non-hydrogen) atoms. The van der Waals surface area contributed by atoms with Gasteiger partial charge in [0.2, 0.25) is 11.9 Å². The molecule has 0 aliphatic rings. The number of aromatic nitrogens is 3. The fourth-order valence-electron chi connectivity index (χ4n) is 1.86. The number of nitrogens with one attached hydrogen (secondary N) is 1. The molecule has 0 aliphatic heterocycles. The third-order valence-corrected chi connectivity index (χ3v) is 2.98. The monoisotopic (exact) mass is 287 g/mol. The first-order valence-corrected chi connectivity index (χ1v) is 6.95. The number of aryl methyl sites for hydroxylation is 1. The summed E-state index contributed by atoms with van der Waals surface area (Å²) in [7, 11) is 3.72. The van der Waals surface area contributed by atoms with Crippen molar-refractivity contribution in [3.63, 3.8) is 0 Å². The van der Waals surface area contributed by atoms with Crippen molar-refractivity contribution in [1.82, 2.24) is 15.0 Å². The van der Waals surface area contributed by atoms with Crippen LogP contribution in [-0.4, -0.2) is 35.7 Å². The molecule has 1 aromatic heterocycles. The number of benzene rings is 1. The van der Waals surface area contributed by atoms with Gasteiger partial charge in [-0.3, -0.25) is 0 Å². The summed E-state index contributed by atoms with van der Waals surface area (Å²) in [6.07, 6.45) is 0. The van der Waals surface area contributed by atoms with Crippen LogP contribution in [0.25, 0.3) is 0 Å². The Kier molecular flexibility index (Phi) is 4.92. The summed E-state index contributed by atoms with van der Waals surface area (Å²) < 4.78 is 5.38. The van der Waals surface area contributed by atoms with Crippen molar-refractivity contribution in [1.29, 1.82) is 0 Å². The van der Waals surface area contributed by atoms with Gasteiger partial charge in [0, 0.05) is 20.6 Å². The van der Waals surface area contributed by atoms with Gasteiger partial charge in [0.15, 0.2) is 0 Å². The average molecular weight is 287 g/mol. The largest absolute Gasteiger partial charge is 0.464 e. The van der Waals surface area contributed by atoms with Gasteiger partial charge in [-0.15, -0.1) is 0 Å². The topological polar surface area (TPSA) is 63.2 Å². The first-order chi connectivity index (χ1) is 10.1. The Morgan fingerprint density at radius 2 is 1.86 bits per heavy atom. The molecule has 0 bridgehead atoms. The van der Waals surface area contributed by atoms with Gasteiger partial charge in [-0.25, -0.2) is 0 Å². The Morgan fingerprint density at radius 3 is 2.48 bits per heavy atom. The van der Waals surface area contributed by atoms with Crippen LogP contribution in [0, 0.1) is 6.92 Å². The molecule has 0 saturated carbocycles. The van der Waals surface area contributed by atoms with Crippen molar-refractivity contribution in [2.75, 3.05) is 30.9 Å². The van der Waals surface area contributed by atoms with Gasteiger partial charge in [-0.2, -0.15) is 15.0 Å². The smallest absolute Gasteiger partial charge is 0.323 e. The fraction of sp³-hybridized carbons (Fsp3) is 0.400. The lowest BCUT2D eigenvalue weighted by Gasteiger charge is -2.18. The molecule has 2 rings (SSSR count). The van der Waals surface area contributed by atoms with E-state index in [-0.39, 0.29) is 0 Å². The van der Waals surface area contributed by atoms with E-state index in [4.69, 9.17) is 4.74 Å². The molecular formula is C15H21N5O. The van der Waals surface area contributed by atoms with Gasteiger partial charge >= 0.3 is 6.01 Å². The van der Waals surface area contributed by atoms with E-state index in [0.717, 1.165) is 6.54 Å². The maximum absolute atomic E-state index is 5.38. The van der Waals surface area contributed by atoms with E-state index < -0.39 is 0 Å². The minimum absolute atomic E-state index is 0.336. The molecule has 1 N–H and O–H groups in total. The normalized spacial score (nSPS) is 10.3. The van der Waals surface area contributed by atoms with E-state index in [2.05, 4.69) is 51.5 Å². The summed E-state index contributed by atoms with van der Waals surface area (Å²) in [4.78, 5) is 14.8. The molecule has 112 valence electrons. The Labute approximate surface area is 125 Å². The number of hydrogen-bond acceptors (Lipinski definition) is 6. The summed E-state index contributed by atoms with van der Waals surface area (Å²) in [5, 5.41) is 2.92. The quantitative estimate of drug-likeness (QED) is 0.879. The summed E-state index contributed by atoms with van der Waals surface area (Å²) in [5.41, 5.74) is 2.45. The summed E-state index contributed by atoms with van der Waals surface area (Å²) in [6.45, 7) is 5.22. The van der Waals surface area contributed by atoms with E-state index in [9.17, 15) is 0 Å². The van der Waals surface area contributed by atoms with E-state index in [1.807, 2.05) is 18.9 Å². The number of ether oxygens (including phenoxy) is 1. The molecule has 1 aromatic carbocycles. The number of nitrogens with zero attached hydrogens (tertiary/aromatic N) is 4. The fourth-order valence-corrected chi connectivity index (χ4v) is 1.86. The van der Waals surface area contributed by atoms with Crippen molar-refractivity contribution in [2.24, 2.45) is 0 Å². The standard InChI is InChI=1S/C15H21N5O/c1-5-21-15-18-13(16-3)17-14(19-15)20(4)10-12-8-6-11(2)7-9-12/h6-9H,5,10H2,1-4H3,(H,16,17,18,19). The Hall–Kier alpha value is -2.37. The molecule has 0 unspecified atom stereocenters. The van der Waals surface area contributed by atoms with Gasteiger partial charge in [-0.1, -0.05) is 29.8 Å². The summed E-state index contributed by atoms with van der Waals surface area (Å²) >= 11 is 0. The molecule has 2 aromatic rings. The van der Waals surface area contributed by atoms with Crippen LogP contribution in [0.15, 0.2) is 24.3 Å². The van der Waals surface area contributed by atoms with E-state index in [1.54, 1.807) is 7.05 Å². The zero-order valence-corrected chi connectivity index (χ0v) is 12.9. The maximum Gasteiger partial charge on any atom is 0.323 e. The molecule has 6 nitrogen and oxygen atoms in total. The van der Waals surface area contributed by atoms with Crippen molar-refractivity contribution in [3.05, 3.63) is 35.4 Å². The van der Waals surface area contributed by atoms with Crippen molar-refractivity contribution >= 4 is 11.9 Å². The molecule has 0 radical (unpaired) electrons. The molecule has 0 amide bonds. The van der Waals surface area contributed by atoms with Crippen LogP contribution < -0.4 is 15.0 Å². The molecule has 0 saturated heterocycles. The third kappa shape index (κ3) is 4.05. The molecule has 0 spiro atoms. The molecule has 6 heteroatoms. The zero-order chi connectivity index (χ0) is 15.2. The number of rotatable bonds is 6. The van der Waals surface area contributed by atoms with E-state index >= 15 is 0 Å². The van der Waals surface area contributed by atoms with Crippen LogP contribution in [0.5, 0.6) is 6.01 Å². The average Bonchev–Trinajstić information content (AvgIpc) is 2.49. The van der Waals surface area contributed by atoms with Gasteiger partial charge < -0.3 is 15.0 Å². The first kappa shape index (κ1) is 15.0. The van der Waals surface area contributed by atoms with Crippen LogP contribution in [0.3, 0.4) is 0 Å². The second kappa shape index (κ2) is 6.88. The zero-order valence-electron chi connectivity index (χ0n) is 12.9. The second-order valence-corrected chi connectivity index (χ2v) is 4.77. The van der Waals surface area contributed by atoms with E-state index in [1.165, 1.54) is 11.1 Å². The predicted octanol–water partition coefficient (Wildman–Crippen LogP) is 2.26. The van der Waals surface area contributed by atoms with Crippen LogP contribution in [0.4, 0.5) is 11.9 Å². The highest BCUT2D eigenvalue weighted by Gasteiger charge is 2.11. The SMILES string of the molecule is CCOc1nc(NC)nc(N(C)Cc2ccc(C)cc2)n1. The molecule has 0 fully saturated rings. The highest BCUT2D eigenvalue weighted by molar-refractivity contribution is 5.38.